The number of nitrogens with zero attached hydrogens (tertiary/aromatic N) is 2. The number of carbonyl (C=O) groups is 2. The summed E-state index contributed by atoms with van der Waals surface area (Å²) in [6, 6.07) is 9.45. The normalized spacial score (nSPS) is 12.2. The van der Waals surface area contributed by atoms with Crippen LogP contribution in [0.2, 0.25) is 0 Å². The molecule has 26 heavy (non-hydrogen) atoms. The summed E-state index contributed by atoms with van der Waals surface area (Å²) in [5.41, 5.74) is 3.25. The van der Waals surface area contributed by atoms with Gasteiger partial charge in [-0.25, -0.2) is 0 Å². The average molecular weight is 369 g/mol. The van der Waals surface area contributed by atoms with Gasteiger partial charge in [0.05, 0.1) is 10.9 Å². The standard InChI is InChI=1S/C19H19N3O3S/c1-10-15(12(3)23)11(2)20-16(10)17(24)13(4)26-19-22-21-18(25-19)14-8-6-5-7-9-14/h5-9,13,20H,1-4H3. The lowest BCUT2D eigenvalue weighted by Crippen LogP contribution is -2.15. The molecule has 0 aliphatic rings. The Morgan fingerprint density at radius 3 is 2.46 bits per heavy atom. The van der Waals surface area contributed by atoms with E-state index < -0.39 is 5.25 Å². The van der Waals surface area contributed by atoms with Crippen molar-refractivity contribution in [3.63, 3.8) is 0 Å². The molecule has 3 aromatic rings. The van der Waals surface area contributed by atoms with Crippen LogP contribution in [-0.2, 0) is 0 Å². The lowest BCUT2D eigenvalue weighted by molar-refractivity contribution is 0.0988. The Morgan fingerprint density at radius 2 is 1.85 bits per heavy atom. The first kappa shape index (κ1) is 18.1. The maximum atomic E-state index is 12.8. The van der Waals surface area contributed by atoms with Crippen molar-refractivity contribution in [3.05, 3.63) is 52.8 Å². The van der Waals surface area contributed by atoms with Crippen molar-refractivity contribution in [2.24, 2.45) is 0 Å². The molecular weight excluding hydrogens is 350 g/mol. The number of Topliss-reactive ketones (excluding diaryl/α,β-unsaturated/α-hetero) is 2. The highest BCUT2D eigenvalue weighted by Gasteiger charge is 2.25. The van der Waals surface area contributed by atoms with Crippen LogP contribution >= 0.6 is 11.8 Å². The summed E-state index contributed by atoms with van der Waals surface area (Å²) in [4.78, 5) is 27.6. The van der Waals surface area contributed by atoms with Crippen LogP contribution < -0.4 is 0 Å². The monoisotopic (exact) mass is 369 g/mol. The molecule has 7 heteroatoms. The molecule has 0 aliphatic carbocycles. The largest absolute Gasteiger partial charge is 0.411 e. The molecule has 0 amide bonds. The van der Waals surface area contributed by atoms with Crippen molar-refractivity contribution in [1.29, 1.82) is 0 Å². The molecule has 1 unspecified atom stereocenters. The van der Waals surface area contributed by atoms with E-state index in [1.807, 2.05) is 30.3 Å². The van der Waals surface area contributed by atoms with Crippen LogP contribution in [-0.4, -0.2) is 32.0 Å². The molecule has 0 fully saturated rings. The van der Waals surface area contributed by atoms with Gasteiger partial charge in [0.25, 0.3) is 5.22 Å². The van der Waals surface area contributed by atoms with Gasteiger partial charge >= 0.3 is 0 Å². The third kappa shape index (κ3) is 3.48. The van der Waals surface area contributed by atoms with Crippen LogP contribution in [0.1, 0.15) is 46.0 Å². The molecule has 0 saturated heterocycles. The molecule has 0 saturated carbocycles. The summed E-state index contributed by atoms with van der Waals surface area (Å²) in [6.45, 7) is 6.86. The second kappa shape index (κ2) is 7.29. The van der Waals surface area contributed by atoms with E-state index in [0.29, 0.717) is 33.6 Å². The fourth-order valence-corrected chi connectivity index (χ4v) is 3.63. The van der Waals surface area contributed by atoms with Crippen molar-refractivity contribution in [2.75, 3.05) is 0 Å². The van der Waals surface area contributed by atoms with Gasteiger partial charge in [-0.2, -0.15) is 0 Å². The second-order valence-electron chi connectivity index (χ2n) is 6.04. The number of thioether (sulfide) groups is 1. The molecule has 1 N–H and O–H groups in total. The van der Waals surface area contributed by atoms with E-state index in [9.17, 15) is 9.59 Å². The summed E-state index contributed by atoms with van der Waals surface area (Å²) in [5.74, 6) is 0.251. The van der Waals surface area contributed by atoms with Gasteiger partial charge in [0.1, 0.15) is 0 Å². The molecule has 134 valence electrons. The lowest BCUT2D eigenvalue weighted by atomic mass is 10.0. The minimum atomic E-state index is -0.435. The predicted octanol–water partition coefficient (Wildman–Crippen LogP) is 4.25. The van der Waals surface area contributed by atoms with Crippen LogP contribution in [0.25, 0.3) is 11.5 Å². The Balaban J connectivity index is 1.78. The zero-order valence-corrected chi connectivity index (χ0v) is 15.8. The highest BCUT2D eigenvalue weighted by Crippen LogP contribution is 2.29. The molecule has 3 rings (SSSR count). The number of aromatic amines is 1. The quantitative estimate of drug-likeness (QED) is 0.516. The summed E-state index contributed by atoms with van der Waals surface area (Å²) in [5, 5.41) is 7.94. The van der Waals surface area contributed by atoms with E-state index in [4.69, 9.17) is 4.42 Å². The smallest absolute Gasteiger partial charge is 0.277 e. The predicted molar refractivity (Wildman–Crippen MR) is 99.7 cm³/mol. The Labute approximate surface area is 155 Å². The van der Waals surface area contributed by atoms with Gasteiger partial charge in [0.2, 0.25) is 5.89 Å². The van der Waals surface area contributed by atoms with Crippen LogP contribution in [0.5, 0.6) is 0 Å². The van der Waals surface area contributed by atoms with Crippen LogP contribution in [0.15, 0.2) is 40.0 Å². The van der Waals surface area contributed by atoms with Gasteiger partial charge in [-0.1, -0.05) is 30.0 Å². The van der Waals surface area contributed by atoms with Crippen LogP contribution in [0.4, 0.5) is 0 Å². The molecule has 0 aliphatic heterocycles. The van der Waals surface area contributed by atoms with Gasteiger partial charge in [-0.15, -0.1) is 10.2 Å². The number of carbonyl (C=O) groups excluding carboxylic acids is 2. The van der Waals surface area contributed by atoms with Crippen molar-refractivity contribution in [1.82, 2.24) is 15.2 Å². The van der Waals surface area contributed by atoms with Gasteiger partial charge in [0, 0.05) is 16.8 Å². The van der Waals surface area contributed by atoms with Crippen LogP contribution in [0, 0.1) is 13.8 Å². The molecule has 0 radical (unpaired) electrons. The fraction of sp³-hybridized carbons (Fsp3) is 0.263. The first-order valence-corrected chi connectivity index (χ1v) is 9.06. The van der Waals surface area contributed by atoms with Gasteiger partial charge in [-0.05, 0) is 45.4 Å². The molecule has 1 aromatic carbocycles. The van der Waals surface area contributed by atoms with Gasteiger partial charge < -0.3 is 9.40 Å². The first-order chi connectivity index (χ1) is 12.4. The fourth-order valence-electron chi connectivity index (χ4n) is 2.89. The third-order valence-corrected chi connectivity index (χ3v) is 5.04. The Morgan fingerprint density at radius 1 is 1.15 bits per heavy atom. The summed E-state index contributed by atoms with van der Waals surface area (Å²) in [6.07, 6.45) is 0. The first-order valence-electron chi connectivity index (χ1n) is 8.18. The molecule has 2 aromatic heterocycles. The minimum absolute atomic E-state index is 0.0555. The Kier molecular flexibility index (Phi) is 5.08. The van der Waals surface area contributed by atoms with Crippen molar-refractivity contribution in [3.8, 4) is 11.5 Å². The van der Waals surface area contributed by atoms with Crippen molar-refractivity contribution in [2.45, 2.75) is 38.2 Å². The number of aryl methyl sites for hydroxylation is 1. The van der Waals surface area contributed by atoms with E-state index in [0.717, 1.165) is 5.56 Å². The number of hydrogen-bond acceptors (Lipinski definition) is 6. The molecule has 6 nitrogen and oxygen atoms in total. The minimum Gasteiger partial charge on any atom is -0.411 e. The van der Waals surface area contributed by atoms with Crippen LogP contribution in [0.3, 0.4) is 0 Å². The summed E-state index contributed by atoms with van der Waals surface area (Å²) >= 11 is 1.20. The van der Waals surface area contributed by atoms with E-state index in [1.165, 1.54) is 18.7 Å². The zero-order chi connectivity index (χ0) is 18.8. The Bertz CT molecular complexity index is 960. The number of rotatable bonds is 6. The number of H-pyrrole nitrogens is 1. The lowest BCUT2D eigenvalue weighted by Gasteiger charge is -2.07. The van der Waals surface area contributed by atoms with Crippen molar-refractivity contribution >= 4 is 23.3 Å². The SMILES string of the molecule is CC(=O)c1c(C)[nH]c(C(=O)C(C)Sc2nnc(-c3ccccc3)o2)c1C. The average Bonchev–Trinajstić information content (AvgIpc) is 3.19. The third-order valence-electron chi connectivity index (χ3n) is 4.11. The number of benzene rings is 1. The van der Waals surface area contributed by atoms with Crippen molar-refractivity contribution < 1.29 is 14.0 Å². The molecule has 0 spiro atoms. The number of nitrogens with one attached hydrogen (secondary N) is 1. The zero-order valence-electron chi connectivity index (χ0n) is 15.0. The topological polar surface area (TPSA) is 88.9 Å². The maximum Gasteiger partial charge on any atom is 0.277 e. The molecular formula is C19H19N3O3S. The molecule has 0 bridgehead atoms. The number of ketones is 2. The van der Waals surface area contributed by atoms with Gasteiger partial charge in [0.15, 0.2) is 11.6 Å². The summed E-state index contributed by atoms with van der Waals surface area (Å²) in [7, 11) is 0. The summed E-state index contributed by atoms with van der Waals surface area (Å²) < 4.78 is 5.65. The highest BCUT2D eigenvalue weighted by molar-refractivity contribution is 8.00. The number of hydrogen-bond donors (Lipinski definition) is 1. The maximum absolute atomic E-state index is 12.8. The van der Waals surface area contributed by atoms with Gasteiger partial charge in [-0.3, -0.25) is 9.59 Å². The van der Waals surface area contributed by atoms with E-state index in [-0.39, 0.29) is 11.6 Å². The highest BCUT2D eigenvalue weighted by atomic mass is 32.2. The van der Waals surface area contributed by atoms with E-state index >= 15 is 0 Å². The number of aromatic nitrogens is 3. The molecule has 1 atom stereocenters. The molecule has 2 heterocycles. The van der Waals surface area contributed by atoms with E-state index in [2.05, 4.69) is 15.2 Å². The Hall–Kier alpha value is -2.67. The second-order valence-corrected chi connectivity index (χ2v) is 7.34. The van der Waals surface area contributed by atoms with E-state index in [1.54, 1.807) is 20.8 Å².